The highest BCUT2D eigenvalue weighted by Gasteiger charge is 2.30. The minimum absolute atomic E-state index is 0.0422. The first-order chi connectivity index (χ1) is 13.3. The number of hydrogen-bond donors (Lipinski definition) is 1. The summed E-state index contributed by atoms with van der Waals surface area (Å²) in [5, 5.41) is 2.69. The molecule has 4 nitrogen and oxygen atoms in total. The van der Waals surface area contributed by atoms with Crippen molar-refractivity contribution in [1.29, 1.82) is 0 Å². The zero-order chi connectivity index (χ0) is 18.9. The Balaban J connectivity index is 1.31. The number of nitrogens with zero attached hydrogens (tertiary/aromatic N) is 2. The molecule has 2 aliphatic rings. The van der Waals surface area contributed by atoms with Crippen molar-refractivity contribution < 1.29 is 9.18 Å². The fraction of sp³-hybridized carbons (Fsp3) is 0.682. The van der Waals surface area contributed by atoms with Crippen LogP contribution in [0.2, 0.25) is 0 Å². The van der Waals surface area contributed by atoms with E-state index in [-0.39, 0.29) is 18.4 Å². The highest BCUT2D eigenvalue weighted by Crippen LogP contribution is 2.24. The van der Waals surface area contributed by atoms with Crippen LogP contribution in [-0.2, 0) is 11.2 Å². The number of alkyl halides is 1. The number of carbonyl (C=O) groups is 1. The molecule has 1 amide bonds. The molecule has 0 bridgehead atoms. The van der Waals surface area contributed by atoms with Crippen LogP contribution in [-0.4, -0.2) is 67.7 Å². The number of benzene rings is 1. The van der Waals surface area contributed by atoms with Crippen molar-refractivity contribution in [3.8, 4) is 0 Å². The molecule has 0 aliphatic carbocycles. The SMILES string of the molecule is O=C(NCCF)C1CCN(C2CCN(CCCc3ccccc3)CC2)CC1. The molecule has 1 N–H and O–H groups in total. The fourth-order valence-electron chi connectivity index (χ4n) is 4.50. The monoisotopic (exact) mass is 375 g/mol. The van der Waals surface area contributed by atoms with E-state index >= 15 is 0 Å². The van der Waals surface area contributed by atoms with Gasteiger partial charge in [0.1, 0.15) is 6.67 Å². The first-order valence-electron chi connectivity index (χ1n) is 10.6. The highest BCUT2D eigenvalue weighted by atomic mass is 19.1. The van der Waals surface area contributed by atoms with E-state index in [0.717, 1.165) is 25.9 Å². The van der Waals surface area contributed by atoms with E-state index in [1.807, 2.05) is 0 Å². The lowest BCUT2D eigenvalue weighted by atomic mass is 9.92. The number of carbonyl (C=O) groups excluding carboxylic acids is 1. The topological polar surface area (TPSA) is 35.6 Å². The van der Waals surface area contributed by atoms with Crippen LogP contribution in [0, 0.1) is 5.92 Å². The van der Waals surface area contributed by atoms with Crippen molar-refractivity contribution in [3.63, 3.8) is 0 Å². The zero-order valence-electron chi connectivity index (χ0n) is 16.4. The van der Waals surface area contributed by atoms with Crippen molar-refractivity contribution in [2.45, 2.75) is 44.6 Å². The predicted octanol–water partition coefficient (Wildman–Crippen LogP) is 2.88. The third-order valence-corrected chi connectivity index (χ3v) is 6.15. The maximum atomic E-state index is 12.2. The van der Waals surface area contributed by atoms with Gasteiger partial charge in [-0.15, -0.1) is 0 Å². The average Bonchev–Trinajstić information content (AvgIpc) is 2.73. The van der Waals surface area contributed by atoms with E-state index in [0.29, 0.717) is 6.04 Å². The van der Waals surface area contributed by atoms with Gasteiger partial charge in [0.25, 0.3) is 0 Å². The molecule has 1 aromatic rings. The van der Waals surface area contributed by atoms with Gasteiger partial charge in [-0.3, -0.25) is 4.79 Å². The van der Waals surface area contributed by atoms with E-state index < -0.39 is 6.67 Å². The molecule has 0 saturated carbocycles. The minimum atomic E-state index is -0.478. The van der Waals surface area contributed by atoms with Gasteiger partial charge in [0.2, 0.25) is 5.91 Å². The van der Waals surface area contributed by atoms with Gasteiger partial charge in [-0.2, -0.15) is 0 Å². The Bertz CT molecular complexity index is 552. The maximum Gasteiger partial charge on any atom is 0.223 e. The summed E-state index contributed by atoms with van der Waals surface area (Å²) in [6, 6.07) is 11.4. The molecule has 2 fully saturated rings. The third-order valence-electron chi connectivity index (χ3n) is 6.15. The summed E-state index contributed by atoms with van der Waals surface area (Å²) in [4.78, 5) is 17.2. The number of nitrogens with one attached hydrogen (secondary N) is 1. The van der Waals surface area contributed by atoms with Crippen molar-refractivity contribution >= 4 is 5.91 Å². The van der Waals surface area contributed by atoms with Gasteiger partial charge in [0, 0.05) is 18.5 Å². The quantitative estimate of drug-likeness (QED) is 0.759. The van der Waals surface area contributed by atoms with Crippen LogP contribution < -0.4 is 5.32 Å². The summed E-state index contributed by atoms with van der Waals surface area (Å²) in [7, 11) is 0. The second-order valence-corrected chi connectivity index (χ2v) is 7.95. The number of halogens is 1. The van der Waals surface area contributed by atoms with E-state index in [1.165, 1.54) is 50.9 Å². The van der Waals surface area contributed by atoms with Crippen LogP contribution in [0.5, 0.6) is 0 Å². The molecule has 0 radical (unpaired) electrons. The van der Waals surface area contributed by atoms with Gasteiger partial charge in [0.15, 0.2) is 0 Å². The molecule has 0 aromatic heterocycles. The lowest BCUT2D eigenvalue weighted by Gasteiger charge is -2.41. The smallest absolute Gasteiger partial charge is 0.223 e. The first-order valence-corrected chi connectivity index (χ1v) is 10.6. The molecular formula is C22H34FN3O. The van der Waals surface area contributed by atoms with Gasteiger partial charge < -0.3 is 15.1 Å². The molecule has 0 atom stereocenters. The summed E-state index contributed by atoms with van der Waals surface area (Å²) in [5.74, 6) is 0.117. The molecule has 0 spiro atoms. The molecule has 2 heterocycles. The molecule has 0 unspecified atom stereocenters. The normalized spacial score (nSPS) is 20.6. The highest BCUT2D eigenvalue weighted by molar-refractivity contribution is 5.78. The van der Waals surface area contributed by atoms with E-state index in [1.54, 1.807) is 0 Å². The number of rotatable bonds is 8. The molecule has 2 saturated heterocycles. The van der Waals surface area contributed by atoms with Gasteiger partial charge in [-0.25, -0.2) is 4.39 Å². The second-order valence-electron chi connectivity index (χ2n) is 7.95. The molecular weight excluding hydrogens is 341 g/mol. The van der Waals surface area contributed by atoms with Crippen molar-refractivity contribution in [2.75, 3.05) is 45.9 Å². The van der Waals surface area contributed by atoms with Crippen LogP contribution in [0.1, 0.15) is 37.7 Å². The third kappa shape index (κ3) is 6.28. The van der Waals surface area contributed by atoms with E-state index in [2.05, 4.69) is 45.4 Å². The lowest BCUT2D eigenvalue weighted by molar-refractivity contribution is -0.126. The number of piperidine rings is 2. The summed E-state index contributed by atoms with van der Waals surface area (Å²) >= 11 is 0. The lowest BCUT2D eigenvalue weighted by Crippen LogP contribution is -2.49. The predicted molar refractivity (Wildman–Crippen MR) is 108 cm³/mol. The van der Waals surface area contributed by atoms with Gasteiger partial charge >= 0.3 is 0 Å². The standard InChI is InChI=1S/C22H34FN3O/c23-12-13-24-22(27)20-8-17-26(18-9-20)21-10-15-25(16-11-21)14-4-7-19-5-2-1-3-6-19/h1-3,5-6,20-21H,4,7-18H2,(H,24,27). The van der Waals surface area contributed by atoms with Gasteiger partial charge in [-0.05, 0) is 76.8 Å². The van der Waals surface area contributed by atoms with E-state index in [4.69, 9.17) is 0 Å². The Labute approximate surface area is 163 Å². The minimum Gasteiger partial charge on any atom is -0.353 e. The number of hydrogen-bond acceptors (Lipinski definition) is 3. The van der Waals surface area contributed by atoms with Crippen LogP contribution >= 0.6 is 0 Å². The maximum absolute atomic E-state index is 12.2. The van der Waals surface area contributed by atoms with Crippen LogP contribution in [0.15, 0.2) is 30.3 Å². The second kappa shape index (κ2) is 10.8. The Morgan fingerprint density at radius 2 is 1.74 bits per heavy atom. The first kappa shape index (κ1) is 20.3. The zero-order valence-corrected chi connectivity index (χ0v) is 16.4. The molecule has 1 aromatic carbocycles. The Morgan fingerprint density at radius 1 is 1.04 bits per heavy atom. The van der Waals surface area contributed by atoms with Crippen molar-refractivity contribution in [1.82, 2.24) is 15.1 Å². The van der Waals surface area contributed by atoms with Crippen LogP contribution in [0.25, 0.3) is 0 Å². The molecule has 27 heavy (non-hydrogen) atoms. The van der Waals surface area contributed by atoms with Crippen molar-refractivity contribution in [2.24, 2.45) is 5.92 Å². The number of aryl methyl sites for hydroxylation is 1. The van der Waals surface area contributed by atoms with Crippen molar-refractivity contribution in [3.05, 3.63) is 35.9 Å². The van der Waals surface area contributed by atoms with Crippen LogP contribution in [0.4, 0.5) is 4.39 Å². The summed E-state index contributed by atoms with van der Waals surface area (Å²) in [6.45, 7) is 5.26. The summed E-state index contributed by atoms with van der Waals surface area (Å²) < 4.78 is 12.2. The molecule has 3 rings (SSSR count). The van der Waals surface area contributed by atoms with Gasteiger partial charge in [0.05, 0.1) is 0 Å². The molecule has 150 valence electrons. The van der Waals surface area contributed by atoms with Crippen LogP contribution in [0.3, 0.4) is 0 Å². The summed E-state index contributed by atoms with van der Waals surface area (Å²) in [5.41, 5.74) is 1.44. The molecule has 5 heteroatoms. The Kier molecular flexibility index (Phi) is 8.09. The average molecular weight is 376 g/mol. The van der Waals surface area contributed by atoms with Gasteiger partial charge in [-0.1, -0.05) is 30.3 Å². The largest absolute Gasteiger partial charge is 0.353 e. The number of amides is 1. The number of likely N-dealkylation sites (tertiary alicyclic amines) is 2. The summed E-state index contributed by atoms with van der Waals surface area (Å²) in [6.07, 6.45) is 6.70. The molecule has 2 aliphatic heterocycles. The fourth-order valence-corrected chi connectivity index (χ4v) is 4.50. The Hall–Kier alpha value is -1.46. The van der Waals surface area contributed by atoms with E-state index in [9.17, 15) is 9.18 Å². The Morgan fingerprint density at radius 3 is 2.41 bits per heavy atom.